The van der Waals surface area contributed by atoms with Crippen molar-refractivity contribution in [2.24, 2.45) is 5.73 Å². The van der Waals surface area contributed by atoms with Gasteiger partial charge >= 0.3 is 0 Å². The van der Waals surface area contributed by atoms with Crippen molar-refractivity contribution in [2.45, 2.75) is 6.04 Å². The number of pyridine rings is 1. The third kappa shape index (κ3) is 2.96. The molecule has 2 heterocycles. The van der Waals surface area contributed by atoms with E-state index in [0.717, 1.165) is 37.2 Å². The van der Waals surface area contributed by atoms with E-state index in [2.05, 4.69) is 33.6 Å². The minimum atomic E-state index is 0.123. The highest BCUT2D eigenvalue weighted by molar-refractivity contribution is 5.79. The van der Waals surface area contributed by atoms with Gasteiger partial charge in [-0.05, 0) is 23.8 Å². The number of benzene rings is 1. The van der Waals surface area contributed by atoms with Crippen molar-refractivity contribution in [2.75, 3.05) is 32.8 Å². The molecule has 1 aromatic heterocycles. The number of nitrogens with one attached hydrogen (secondary N) is 1. The minimum absolute atomic E-state index is 0.123. The van der Waals surface area contributed by atoms with E-state index in [1.54, 1.807) is 0 Å². The molecule has 0 amide bonds. The van der Waals surface area contributed by atoms with Crippen LogP contribution in [0.4, 0.5) is 0 Å². The summed E-state index contributed by atoms with van der Waals surface area (Å²) in [5.74, 6) is 0. The molecule has 1 fully saturated rings. The summed E-state index contributed by atoms with van der Waals surface area (Å²) in [6.07, 6.45) is 1.81. The van der Waals surface area contributed by atoms with E-state index in [1.165, 1.54) is 5.56 Å². The van der Waals surface area contributed by atoms with Gasteiger partial charge in [0.2, 0.25) is 0 Å². The molecule has 0 saturated carbocycles. The fourth-order valence-electron chi connectivity index (χ4n) is 2.49. The van der Waals surface area contributed by atoms with E-state index in [9.17, 15) is 0 Å². The fourth-order valence-corrected chi connectivity index (χ4v) is 2.49. The fraction of sp³-hybridized carbons (Fsp3) is 0.400. The highest BCUT2D eigenvalue weighted by Crippen LogP contribution is 2.19. The van der Waals surface area contributed by atoms with Crippen LogP contribution < -0.4 is 11.2 Å². The lowest BCUT2D eigenvalue weighted by molar-refractivity contribution is 0.00406. The molecule has 3 N–H and O–H groups in total. The van der Waals surface area contributed by atoms with Gasteiger partial charge in [-0.3, -0.25) is 4.98 Å². The molecule has 0 bridgehead atoms. The topological polar surface area (TPSA) is 63.4 Å². The molecule has 0 radical (unpaired) electrons. The average molecular weight is 272 g/mol. The van der Waals surface area contributed by atoms with Gasteiger partial charge in [0.1, 0.15) is 0 Å². The number of hydrogen-bond acceptors (Lipinski definition) is 5. The lowest BCUT2D eigenvalue weighted by Crippen LogP contribution is -2.48. The van der Waals surface area contributed by atoms with Gasteiger partial charge in [0.05, 0.1) is 24.8 Å². The molecule has 106 valence electrons. The standard InChI is InChI=1S/C15H20N4O/c16-11-15(18-19-6-8-20-9-7-19)13-3-4-14-12(10-13)2-1-5-17-14/h1-5,10,15,18H,6-9,11,16H2. The molecule has 5 nitrogen and oxygen atoms in total. The van der Waals surface area contributed by atoms with Crippen molar-refractivity contribution in [1.82, 2.24) is 15.4 Å². The van der Waals surface area contributed by atoms with E-state index in [-0.39, 0.29) is 6.04 Å². The maximum atomic E-state index is 5.93. The Morgan fingerprint density at radius 2 is 2.15 bits per heavy atom. The molecule has 3 rings (SSSR count). The van der Waals surface area contributed by atoms with Crippen molar-refractivity contribution < 1.29 is 4.74 Å². The first-order valence-corrected chi connectivity index (χ1v) is 7.00. The summed E-state index contributed by atoms with van der Waals surface area (Å²) < 4.78 is 5.36. The van der Waals surface area contributed by atoms with Crippen LogP contribution in [0.1, 0.15) is 11.6 Å². The summed E-state index contributed by atoms with van der Waals surface area (Å²) in [6, 6.07) is 10.5. The molecule has 1 unspecified atom stereocenters. The third-order valence-electron chi connectivity index (χ3n) is 3.61. The van der Waals surface area contributed by atoms with Crippen LogP contribution >= 0.6 is 0 Å². The summed E-state index contributed by atoms with van der Waals surface area (Å²) in [5, 5.41) is 3.33. The predicted octanol–water partition coefficient (Wildman–Crippen LogP) is 1.07. The van der Waals surface area contributed by atoms with Crippen molar-refractivity contribution in [1.29, 1.82) is 0 Å². The van der Waals surface area contributed by atoms with Crippen molar-refractivity contribution in [3.63, 3.8) is 0 Å². The number of ether oxygens (including phenoxy) is 1. The number of morpholine rings is 1. The molecule has 1 saturated heterocycles. The Hall–Kier alpha value is -1.53. The van der Waals surface area contributed by atoms with Gasteiger partial charge in [0.15, 0.2) is 0 Å². The molecule has 1 aliphatic heterocycles. The van der Waals surface area contributed by atoms with E-state index in [4.69, 9.17) is 10.5 Å². The normalized spacial score (nSPS) is 18.2. The minimum Gasteiger partial charge on any atom is -0.379 e. The van der Waals surface area contributed by atoms with Crippen molar-refractivity contribution in [3.8, 4) is 0 Å². The monoisotopic (exact) mass is 272 g/mol. The van der Waals surface area contributed by atoms with E-state index in [1.807, 2.05) is 18.3 Å². The second kappa shape index (κ2) is 6.28. The summed E-state index contributed by atoms with van der Waals surface area (Å²) >= 11 is 0. The van der Waals surface area contributed by atoms with Crippen LogP contribution in [0, 0.1) is 0 Å². The number of nitrogens with zero attached hydrogens (tertiary/aromatic N) is 2. The molecule has 0 spiro atoms. The highest BCUT2D eigenvalue weighted by atomic mass is 16.5. The second-order valence-electron chi connectivity index (χ2n) is 4.97. The van der Waals surface area contributed by atoms with Crippen molar-refractivity contribution >= 4 is 10.9 Å². The first-order chi connectivity index (χ1) is 9.86. The van der Waals surface area contributed by atoms with Gasteiger partial charge in [-0.2, -0.15) is 0 Å². The van der Waals surface area contributed by atoms with Crippen LogP contribution in [-0.4, -0.2) is 42.8 Å². The van der Waals surface area contributed by atoms with E-state index in [0.29, 0.717) is 6.54 Å². The molecule has 2 aromatic rings. The molecule has 1 atom stereocenters. The van der Waals surface area contributed by atoms with E-state index >= 15 is 0 Å². The molecule has 0 aliphatic carbocycles. The van der Waals surface area contributed by atoms with Crippen LogP contribution in [0.25, 0.3) is 10.9 Å². The SMILES string of the molecule is NCC(NN1CCOCC1)c1ccc2ncccc2c1. The first-order valence-electron chi connectivity index (χ1n) is 7.00. The Kier molecular flexibility index (Phi) is 4.22. The van der Waals surface area contributed by atoms with Crippen molar-refractivity contribution in [3.05, 3.63) is 42.1 Å². The maximum Gasteiger partial charge on any atom is 0.0702 e. The van der Waals surface area contributed by atoms with E-state index < -0.39 is 0 Å². The molecular weight excluding hydrogens is 252 g/mol. The van der Waals surface area contributed by atoms with Crippen LogP contribution in [0.2, 0.25) is 0 Å². The van der Waals surface area contributed by atoms with Crippen LogP contribution in [-0.2, 0) is 4.74 Å². The Labute approximate surface area is 118 Å². The van der Waals surface area contributed by atoms with Gasteiger partial charge in [-0.25, -0.2) is 10.4 Å². The number of aromatic nitrogens is 1. The lowest BCUT2D eigenvalue weighted by Gasteiger charge is -2.31. The highest BCUT2D eigenvalue weighted by Gasteiger charge is 2.16. The Morgan fingerprint density at radius 1 is 1.30 bits per heavy atom. The zero-order chi connectivity index (χ0) is 13.8. The summed E-state index contributed by atoms with van der Waals surface area (Å²) in [7, 11) is 0. The largest absolute Gasteiger partial charge is 0.379 e. The number of hydrogen-bond donors (Lipinski definition) is 2. The average Bonchev–Trinajstić information content (AvgIpc) is 2.53. The molecule has 20 heavy (non-hydrogen) atoms. The van der Waals surface area contributed by atoms with Gasteiger partial charge in [0.25, 0.3) is 0 Å². The smallest absolute Gasteiger partial charge is 0.0702 e. The van der Waals surface area contributed by atoms with Gasteiger partial charge in [0, 0.05) is 31.2 Å². The quantitative estimate of drug-likeness (QED) is 0.872. The Morgan fingerprint density at radius 3 is 2.95 bits per heavy atom. The molecule has 1 aliphatic rings. The molecule has 5 heteroatoms. The zero-order valence-electron chi connectivity index (χ0n) is 11.5. The molecular formula is C15H20N4O. The summed E-state index contributed by atoms with van der Waals surface area (Å²) in [5.41, 5.74) is 11.6. The summed E-state index contributed by atoms with van der Waals surface area (Å²) in [6.45, 7) is 3.89. The lowest BCUT2D eigenvalue weighted by atomic mass is 10.0. The third-order valence-corrected chi connectivity index (χ3v) is 3.61. The first kappa shape index (κ1) is 13.5. The van der Waals surface area contributed by atoms with Gasteiger partial charge < -0.3 is 10.5 Å². The number of hydrazine groups is 1. The van der Waals surface area contributed by atoms with Gasteiger partial charge in [-0.1, -0.05) is 12.1 Å². The van der Waals surface area contributed by atoms with Gasteiger partial charge in [-0.15, -0.1) is 0 Å². The number of fused-ring (bicyclic) bond motifs is 1. The Balaban J connectivity index is 1.79. The predicted molar refractivity (Wildman–Crippen MR) is 79.1 cm³/mol. The number of nitrogens with two attached hydrogens (primary N) is 1. The summed E-state index contributed by atoms with van der Waals surface area (Å²) in [4.78, 5) is 4.34. The van der Waals surface area contributed by atoms with Crippen LogP contribution in [0.5, 0.6) is 0 Å². The maximum absolute atomic E-state index is 5.93. The number of rotatable bonds is 4. The Bertz CT molecular complexity index is 569. The van der Waals surface area contributed by atoms with Crippen LogP contribution in [0.3, 0.4) is 0 Å². The zero-order valence-corrected chi connectivity index (χ0v) is 11.5. The molecule has 1 aromatic carbocycles. The van der Waals surface area contributed by atoms with Crippen LogP contribution in [0.15, 0.2) is 36.5 Å². The second-order valence-corrected chi connectivity index (χ2v) is 4.97.